The largest absolute Gasteiger partial charge is 0.617 e. The molecule has 0 fully saturated rings. The Bertz CT molecular complexity index is 574. The summed E-state index contributed by atoms with van der Waals surface area (Å²) >= 11 is 6.45. The highest BCUT2D eigenvalue weighted by atomic mass is 79.9. The molecule has 4 nitrogen and oxygen atoms in total. The van der Waals surface area contributed by atoms with Gasteiger partial charge < -0.3 is 5.21 Å². The molecule has 0 spiro atoms. The summed E-state index contributed by atoms with van der Waals surface area (Å²) in [6.45, 7) is 3.79. The molecule has 0 saturated carbocycles. The summed E-state index contributed by atoms with van der Waals surface area (Å²) in [7, 11) is 0. The molecular weight excluding hydrogens is 364 g/mol. The monoisotopic (exact) mass is 373 g/mol. The van der Waals surface area contributed by atoms with Crippen molar-refractivity contribution in [1.29, 1.82) is 0 Å². The maximum absolute atomic E-state index is 12.0. The molecule has 2 aromatic rings. The lowest BCUT2D eigenvalue weighted by Crippen LogP contribution is -2.40. The van der Waals surface area contributed by atoms with Gasteiger partial charge in [-0.25, -0.2) is 0 Å². The van der Waals surface area contributed by atoms with Crippen LogP contribution in [0.3, 0.4) is 0 Å². The van der Waals surface area contributed by atoms with Crippen molar-refractivity contribution in [2.45, 2.75) is 13.8 Å². The Morgan fingerprint density at radius 2 is 1.44 bits per heavy atom. The first-order valence-corrected chi connectivity index (χ1v) is 6.80. The quantitative estimate of drug-likeness (QED) is 0.361. The number of aryl methyl sites for hydroxylation is 2. The van der Waals surface area contributed by atoms with Crippen molar-refractivity contribution in [3.05, 3.63) is 49.8 Å². The molecule has 0 aliphatic heterocycles. The van der Waals surface area contributed by atoms with Crippen molar-refractivity contribution in [3.8, 4) is 11.4 Å². The zero-order valence-electron chi connectivity index (χ0n) is 9.82. The summed E-state index contributed by atoms with van der Waals surface area (Å²) in [4.78, 5) is 0. The fourth-order valence-corrected chi connectivity index (χ4v) is 2.82. The van der Waals surface area contributed by atoms with Gasteiger partial charge in [0.05, 0.1) is 0 Å². The average Bonchev–Trinajstić information content (AvgIpc) is 2.28. The second-order valence-electron chi connectivity index (χ2n) is 4.09. The van der Waals surface area contributed by atoms with Crippen LogP contribution in [0.1, 0.15) is 11.1 Å². The van der Waals surface area contributed by atoms with Crippen LogP contribution < -0.4 is 9.46 Å². The Labute approximate surface area is 121 Å². The molecule has 0 aromatic carbocycles. The topological polar surface area (TPSA) is 51.0 Å². The first-order chi connectivity index (χ1) is 8.40. The van der Waals surface area contributed by atoms with E-state index >= 15 is 0 Å². The van der Waals surface area contributed by atoms with E-state index in [2.05, 4.69) is 31.9 Å². The van der Waals surface area contributed by atoms with Gasteiger partial charge in [-0.1, -0.05) is 0 Å². The Morgan fingerprint density at radius 1 is 0.944 bits per heavy atom. The molecule has 94 valence electrons. The maximum atomic E-state index is 12.0. The van der Waals surface area contributed by atoms with Crippen LogP contribution in [0, 0.1) is 19.1 Å². The van der Waals surface area contributed by atoms with Crippen molar-refractivity contribution >= 4 is 31.9 Å². The molecule has 2 rings (SSSR count). The van der Waals surface area contributed by atoms with Crippen LogP contribution in [-0.4, -0.2) is 5.21 Å². The van der Waals surface area contributed by atoms with E-state index in [0.29, 0.717) is 20.6 Å². The second-order valence-corrected chi connectivity index (χ2v) is 5.71. The van der Waals surface area contributed by atoms with Crippen molar-refractivity contribution in [1.82, 2.24) is 0 Å². The van der Waals surface area contributed by atoms with Crippen LogP contribution in [0.25, 0.3) is 11.4 Å². The minimum atomic E-state index is 0.383. The zero-order chi connectivity index (χ0) is 13.4. The predicted octanol–water partition coefficient (Wildman–Crippen LogP) is 2.65. The third kappa shape index (κ3) is 2.35. The van der Waals surface area contributed by atoms with E-state index in [1.807, 2.05) is 13.8 Å². The molecule has 6 heteroatoms. The van der Waals surface area contributed by atoms with E-state index in [4.69, 9.17) is 0 Å². The third-order valence-corrected chi connectivity index (χ3v) is 3.64. The van der Waals surface area contributed by atoms with Gasteiger partial charge in [0.2, 0.25) is 0 Å². The van der Waals surface area contributed by atoms with E-state index in [1.54, 1.807) is 24.3 Å². The number of hydrogen-bond donors (Lipinski definition) is 1. The SMILES string of the molecule is Cc1cc(Br)[n+]([O-])c(-c2cc(C)cc(Br)[n+]2O)c1. The molecule has 1 N–H and O–H groups in total. The molecule has 0 saturated heterocycles. The molecule has 0 atom stereocenters. The fourth-order valence-electron chi connectivity index (χ4n) is 1.72. The lowest BCUT2D eigenvalue weighted by atomic mass is 10.1. The van der Waals surface area contributed by atoms with Gasteiger partial charge in [0.25, 0.3) is 14.9 Å². The standard InChI is InChI=1S/C12H11Br2N2O2/c1-7-3-9(15(17)11(13)5-7)10-4-8(2)6-12(14)16(10)18/h3-6,17H,1-2H3/q+1. The number of halogens is 2. The smallest absolute Gasteiger partial charge is 0.330 e. The molecular formula is C12H11Br2N2O2+. The normalized spacial score (nSPS) is 10.7. The van der Waals surface area contributed by atoms with Crippen LogP contribution in [0.4, 0.5) is 0 Å². The molecule has 0 unspecified atom stereocenters. The molecule has 0 bridgehead atoms. The number of hydrogen-bond acceptors (Lipinski definition) is 2. The molecule has 2 aromatic heterocycles. The Morgan fingerprint density at radius 3 is 2.06 bits per heavy atom. The van der Waals surface area contributed by atoms with E-state index in [1.165, 1.54) is 0 Å². The van der Waals surface area contributed by atoms with Crippen molar-refractivity contribution in [2.24, 2.45) is 0 Å². The van der Waals surface area contributed by atoms with Crippen LogP contribution in [-0.2, 0) is 0 Å². The van der Waals surface area contributed by atoms with Crippen LogP contribution in [0.2, 0.25) is 0 Å². The number of aromatic nitrogens is 2. The summed E-state index contributed by atoms with van der Waals surface area (Å²) in [5, 5.41) is 22.0. The summed E-state index contributed by atoms with van der Waals surface area (Å²) in [5.74, 6) is 0. The first-order valence-electron chi connectivity index (χ1n) is 5.21. The number of nitrogens with zero attached hydrogens (tertiary/aromatic N) is 2. The maximum Gasteiger partial charge on any atom is 0.330 e. The van der Waals surface area contributed by atoms with E-state index in [0.717, 1.165) is 20.6 Å². The lowest BCUT2D eigenvalue weighted by molar-refractivity contribution is -0.906. The summed E-state index contributed by atoms with van der Waals surface area (Å²) in [5.41, 5.74) is 2.69. The Kier molecular flexibility index (Phi) is 3.59. The minimum Gasteiger partial charge on any atom is -0.617 e. The minimum absolute atomic E-state index is 0.383. The van der Waals surface area contributed by atoms with Gasteiger partial charge in [-0.2, -0.15) is 4.73 Å². The van der Waals surface area contributed by atoms with Gasteiger partial charge in [-0.3, -0.25) is 5.21 Å². The van der Waals surface area contributed by atoms with Crippen LogP contribution in [0.5, 0.6) is 0 Å². The van der Waals surface area contributed by atoms with Gasteiger partial charge in [0.1, 0.15) is 0 Å². The summed E-state index contributed by atoms with van der Waals surface area (Å²) < 4.78 is 2.59. The van der Waals surface area contributed by atoms with Gasteiger partial charge in [-0.15, -0.1) is 0 Å². The Hall–Kier alpha value is -1.14. The van der Waals surface area contributed by atoms with E-state index < -0.39 is 0 Å². The van der Waals surface area contributed by atoms with Gasteiger partial charge >= 0.3 is 5.69 Å². The highest BCUT2D eigenvalue weighted by molar-refractivity contribution is 9.10. The third-order valence-electron chi connectivity index (χ3n) is 2.53. The molecule has 0 aliphatic carbocycles. The van der Waals surface area contributed by atoms with Gasteiger partial charge in [-0.05, 0) is 25.0 Å². The van der Waals surface area contributed by atoms with Crippen LogP contribution in [0.15, 0.2) is 33.5 Å². The summed E-state index contributed by atoms with van der Waals surface area (Å²) in [6.07, 6.45) is 0. The van der Waals surface area contributed by atoms with Gasteiger partial charge in [0, 0.05) is 60.9 Å². The highest BCUT2D eigenvalue weighted by Gasteiger charge is 2.26. The average molecular weight is 375 g/mol. The molecule has 0 radical (unpaired) electrons. The van der Waals surface area contributed by atoms with Gasteiger partial charge in [0.15, 0.2) is 0 Å². The molecule has 18 heavy (non-hydrogen) atoms. The molecule has 0 aliphatic rings. The first kappa shape index (κ1) is 13.3. The zero-order valence-corrected chi connectivity index (χ0v) is 13.0. The van der Waals surface area contributed by atoms with Crippen molar-refractivity contribution in [3.63, 3.8) is 0 Å². The highest BCUT2D eigenvalue weighted by Crippen LogP contribution is 2.19. The molecule has 0 amide bonds. The second kappa shape index (κ2) is 4.85. The number of rotatable bonds is 1. The summed E-state index contributed by atoms with van der Waals surface area (Å²) in [6, 6.07) is 6.97. The fraction of sp³-hybridized carbons (Fsp3) is 0.167. The van der Waals surface area contributed by atoms with Crippen LogP contribution >= 0.6 is 31.9 Å². The Balaban J connectivity index is 2.77. The van der Waals surface area contributed by atoms with Crippen molar-refractivity contribution < 1.29 is 14.7 Å². The lowest BCUT2D eigenvalue weighted by Gasteiger charge is -2.05. The van der Waals surface area contributed by atoms with Crippen molar-refractivity contribution in [2.75, 3.05) is 0 Å². The number of pyridine rings is 2. The predicted molar refractivity (Wildman–Crippen MR) is 73.1 cm³/mol. The van der Waals surface area contributed by atoms with E-state index in [-0.39, 0.29) is 0 Å². The van der Waals surface area contributed by atoms with E-state index in [9.17, 15) is 10.4 Å². The molecule has 2 heterocycles.